The molecule has 0 fully saturated rings. The highest BCUT2D eigenvalue weighted by molar-refractivity contribution is 6.30. The van der Waals surface area contributed by atoms with Crippen LogP contribution in [0.2, 0.25) is 5.02 Å². The lowest BCUT2D eigenvalue weighted by atomic mass is 10.2. The average molecular weight is 185 g/mol. The number of nitrogens with one attached hydrogen (secondary N) is 1. The molecule has 1 heterocycles. The van der Waals surface area contributed by atoms with Crippen molar-refractivity contribution in [1.29, 1.82) is 0 Å². The number of aromatic nitrogens is 1. The summed E-state index contributed by atoms with van der Waals surface area (Å²) in [6.07, 6.45) is 2.65. The first-order valence-electron chi connectivity index (χ1n) is 3.99. The molecule has 0 aliphatic carbocycles. The summed E-state index contributed by atoms with van der Waals surface area (Å²) in [5, 5.41) is 3.79. The van der Waals surface area contributed by atoms with Crippen molar-refractivity contribution in [3.8, 4) is 0 Å². The van der Waals surface area contributed by atoms with E-state index in [1.54, 1.807) is 6.20 Å². The lowest BCUT2D eigenvalue weighted by Crippen LogP contribution is -2.11. The number of pyridine rings is 1. The Morgan fingerprint density at radius 2 is 2.33 bits per heavy atom. The molecule has 0 atom stereocenters. The summed E-state index contributed by atoms with van der Waals surface area (Å²) in [4.78, 5) is 4.24. The summed E-state index contributed by atoms with van der Waals surface area (Å²) < 4.78 is 0. The van der Waals surface area contributed by atoms with Crippen LogP contribution in [0.15, 0.2) is 12.3 Å². The molecule has 1 aromatic heterocycles. The quantitative estimate of drug-likeness (QED) is 0.775. The second kappa shape index (κ2) is 4.43. The largest absolute Gasteiger partial charge is 0.319 e. The van der Waals surface area contributed by atoms with Gasteiger partial charge in [-0.2, -0.15) is 0 Å². The lowest BCUT2D eigenvalue weighted by Gasteiger charge is -2.03. The van der Waals surface area contributed by atoms with Gasteiger partial charge in [-0.25, -0.2) is 0 Å². The molecule has 0 aliphatic heterocycles. The van der Waals surface area contributed by atoms with E-state index in [2.05, 4.69) is 10.3 Å². The lowest BCUT2D eigenvalue weighted by molar-refractivity contribution is 0.772. The third-order valence-electron chi connectivity index (χ3n) is 1.77. The molecule has 0 saturated carbocycles. The highest BCUT2D eigenvalue weighted by Gasteiger charge is 1.99. The van der Waals surface area contributed by atoms with E-state index < -0.39 is 0 Å². The van der Waals surface area contributed by atoms with Crippen LogP contribution in [0.3, 0.4) is 0 Å². The molecule has 1 aromatic rings. The molecule has 0 unspecified atom stereocenters. The molecule has 0 amide bonds. The van der Waals surface area contributed by atoms with Crippen LogP contribution in [-0.2, 0) is 6.42 Å². The van der Waals surface area contributed by atoms with Gasteiger partial charge < -0.3 is 5.32 Å². The van der Waals surface area contributed by atoms with Gasteiger partial charge in [0.05, 0.1) is 5.02 Å². The number of nitrogens with zero attached hydrogens (tertiary/aromatic N) is 1. The Bertz CT molecular complexity index is 261. The molecule has 0 radical (unpaired) electrons. The fraction of sp³-hybridized carbons (Fsp3) is 0.444. The Hall–Kier alpha value is -0.600. The van der Waals surface area contributed by atoms with Crippen molar-refractivity contribution in [2.45, 2.75) is 13.3 Å². The van der Waals surface area contributed by atoms with Gasteiger partial charge in [-0.3, -0.25) is 4.98 Å². The van der Waals surface area contributed by atoms with Crippen molar-refractivity contribution in [3.05, 3.63) is 28.5 Å². The van der Waals surface area contributed by atoms with Crippen LogP contribution in [0.4, 0.5) is 0 Å². The first-order valence-corrected chi connectivity index (χ1v) is 4.37. The Labute approximate surface area is 78.0 Å². The van der Waals surface area contributed by atoms with Crippen LogP contribution in [-0.4, -0.2) is 18.6 Å². The van der Waals surface area contributed by atoms with E-state index in [9.17, 15) is 0 Å². The van der Waals surface area contributed by atoms with Gasteiger partial charge in [0, 0.05) is 24.9 Å². The van der Waals surface area contributed by atoms with Gasteiger partial charge in [0.15, 0.2) is 0 Å². The number of hydrogen-bond donors (Lipinski definition) is 1. The summed E-state index contributed by atoms with van der Waals surface area (Å²) in [5.74, 6) is 0. The number of rotatable bonds is 3. The highest BCUT2D eigenvalue weighted by Crippen LogP contribution is 2.11. The molecule has 12 heavy (non-hydrogen) atoms. The van der Waals surface area contributed by atoms with Gasteiger partial charge >= 0.3 is 0 Å². The third-order valence-corrected chi connectivity index (χ3v) is 1.97. The van der Waals surface area contributed by atoms with E-state index in [1.807, 2.05) is 20.0 Å². The van der Waals surface area contributed by atoms with E-state index in [0.717, 1.165) is 24.2 Å². The molecule has 0 spiro atoms. The molecule has 1 rings (SSSR count). The van der Waals surface area contributed by atoms with Crippen LogP contribution < -0.4 is 5.32 Å². The standard InChI is InChI=1S/C9H13ClN2/c1-7-5-8(10)6-12-9(7)3-4-11-2/h5-6,11H,3-4H2,1-2H3. The Morgan fingerprint density at radius 3 is 2.92 bits per heavy atom. The van der Waals surface area contributed by atoms with E-state index in [0.29, 0.717) is 5.02 Å². The zero-order chi connectivity index (χ0) is 8.97. The van der Waals surface area contributed by atoms with Gasteiger partial charge in [0.25, 0.3) is 0 Å². The van der Waals surface area contributed by atoms with Gasteiger partial charge in [-0.05, 0) is 25.6 Å². The van der Waals surface area contributed by atoms with Crippen LogP contribution in [0, 0.1) is 6.92 Å². The molecular weight excluding hydrogens is 172 g/mol. The van der Waals surface area contributed by atoms with E-state index in [4.69, 9.17) is 11.6 Å². The molecule has 0 bridgehead atoms. The van der Waals surface area contributed by atoms with E-state index >= 15 is 0 Å². The van der Waals surface area contributed by atoms with Crippen molar-refractivity contribution in [2.75, 3.05) is 13.6 Å². The van der Waals surface area contributed by atoms with Crippen LogP contribution in [0.1, 0.15) is 11.3 Å². The van der Waals surface area contributed by atoms with Gasteiger partial charge in [0.1, 0.15) is 0 Å². The topological polar surface area (TPSA) is 24.9 Å². The van der Waals surface area contributed by atoms with E-state index in [1.165, 1.54) is 0 Å². The molecule has 2 nitrogen and oxygen atoms in total. The molecule has 0 aromatic carbocycles. The molecular formula is C9H13ClN2. The van der Waals surface area contributed by atoms with Crippen LogP contribution >= 0.6 is 11.6 Å². The Morgan fingerprint density at radius 1 is 1.58 bits per heavy atom. The minimum absolute atomic E-state index is 0.709. The first kappa shape index (κ1) is 9.49. The second-order valence-electron chi connectivity index (χ2n) is 2.77. The molecule has 1 N–H and O–H groups in total. The average Bonchev–Trinajstić information content (AvgIpc) is 2.03. The number of likely N-dealkylation sites (N-methyl/N-ethyl adjacent to an activating group) is 1. The smallest absolute Gasteiger partial charge is 0.0592 e. The number of aryl methyl sites for hydroxylation is 1. The monoisotopic (exact) mass is 184 g/mol. The molecule has 66 valence electrons. The SMILES string of the molecule is CNCCc1ncc(Cl)cc1C. The van der Waals surface area contributed by atoms with Crippen molar-refractivity contribution in [2.24, 2.45) is 0 Å². The minimum Gasteiger partial charge on any atom is -0.319 e. The molecule has 3 heteroatoms. The Kier molecular flexibility index (Phi) is 3.50. The maximum atomic E-state index is 5.77. The zero-order valence-corrected chi connectivity index (χ0v) is 8.15. The molecule has 0 aliphatic rings. The van der Waals surface area contributed by atoms with Crippen molar-refractivity contribution in [3.63, 3.8) is 0 Å². The Balaban J connectivity index is 2.72. The van der Waals surface area contributed by atoms with Crippen LogP contribution in [0.5, 0.6) is 0 Å². The van der Waals surface area contributed by atoms with Gasteiger partial charge in [0.2, 0.25) is 0 Å². The predicted molar refractivity (Wildman–Crippen MR) is 51.6 cm³/mol. The zero-order valence-electron chi connectivity index (χ0n) is 7.39. The van der Waals surface area contributed by atoms with Crippen molar-refractivity contribution < 1.29 is 0 Å². The summed E-state index contributed by atoms with van der Waals surface area (Å²) >= 11 is 5.77. The predicted octanol–water partition coefficient (Wildman–Crippen LogP) is 1.81. The van der Waals surface area contributed by atoms with Crippen molar-refractivity contribution in [1.82, 2.24) is 10.3 Å². The summed E-state index contributed by atoms with van der Waals surface area (Å²) in [6.45, 7) is 2.99. The van der Waals surface area contributed by atoms with Gasteiger partial charge in [-0.15, -0.1) is 0 Å². The molecule has 0 saturated heterocycles. The summed E-state index contributed by atoms with van der Waals surface area (Å²) in [7, 11) is 1.94. The van der Waals surface area contributed by atoms with E-state index in [-0.39, 0.29) is 0 Å². The third kappa shape index (κ3) is 2.47. The number of halogens is 1. The van der Waals surface area contributed by atoms with Gasteiger partial charge in [-0.1, -0.05) is 11.6 Å². The summed E-state index contributed by atoms with van der Waals surface area (Å²) in [6, 6.07) is 1.94. The minimum atomic E-state index is 0.709. The van der Waals surface area contributed by atoms with Crippen LogP contribution in [0.25, 0.3) is 0 Å². The summed E-state index contributed by atoms with van der Waals surface area (Å²) in [5.41, 5.74) is 2.28. The normalized spacial score (nSPS) is 10.2. The van der Waals surface area contributed by atoms with Crippen molar-refractivity contribution >= 4 is 11.6 Å². The number of hydrogen-bond acceptors (Lipinski definition) is 2. The fourth-order valence-corrected chi connectivity index (χ4v) is 1.29. The fourth-order valence-electron chi connectivity index (χ4n) is 1.07. The first-order chi connectivity index (χ1) is 5.74. The second-order valence-corrected chi connectivity index (χ2v) is 3.21. The maximum Gasteiger partial charge on any atom is 0.0592 e. The highest BCUT2D eigenvalue weighted by atomic mass is 35.5. The maximum absolute atomic E-state index is 5.77.